The molecule has 2 rings (SSSR count). The molecule has 0 saturated carbocycles. The fourth-order valence-corrected chi connectivity index (χ4v) is 2.46. The summed E-state index contributed by atoms with van der Waals surface area (Å²) in [5.74, 6) is 0.724. The number of pyridine rings is 2. The van der Waals surface area contributed by atoms with Gasteiger partial charge in [0.1, 0.15) is 10.7 Å². The van der Waals surface area contributed by atoms with E-state index in [1.165, 1.54) is 5.56 Å². The second-order valence-corrected chi connectivity index (χ2v) is 5.33. The zero-order valence-electron chi connectivity index (χ0n) is 12.3. The van der Waals surface area contributed by atoms with Crippen LogP contribution < -0.4 is 10.5 Å². The van der Waals surface area contributed by atoms with Gasteiger partial charge in [-0.15, -0.1) is 0 Å². The lowest BCUT2D eigenvalue weighted by Crippen LogP contribution is -2.15. The molecule has 0 fully saturated rings. The zero-order chi connectivity index (χ0) is 15.2. The Bertz CT molecular complexity index is 629. The molecule has 2 aromatic rings. The molecule has 0 aromatic carbocycles. The minimum atomic E-state index is 0.323. The molecule has 5 heteroatoms. The maximum Gasteiger partial charge on any atom is 0.133 e. The molecule has 0 atom stereocenters. The number of rotatable bonds is 6. The molecule has 0 aliphatic rings. The summed E-state index contributed by atoms with van der Waals surface area (Å²) in [6.07, 6.45) is 5.47. The van der Waals surface area contributed by atoms with Crippen LogP contribution >= 0.6 is 12.2 Å². The fourth-order valence-electron chi connectivity index (χ4n) is 2.21. The molecule has 0 radical (unpaired) electrons. The molecular weight excluding hydrogens is 282 g/mol. The Morgan fingerprint density at radius 1 is 1.29 bits per heavy atom. The summed E-state index contributed by atoms with van der Waals surface area (Å²) < 4.78 is 5.86. The predicted octanol–water partition coefficient (Wildman–Crippen LogP) is 2.74. The number of aryl methyl sites for hydroxylation is 3. The van der Waals surface area contributed by atoms with E-state index in [0.29, 0.717) is 11.6 Å². The van der Waals surface area contributed by atoms with Crippen molar-refractivity contribution < 1.29 is 4.74 Å². The van der Waals surface area contributed by atoms with Crippen LogP contribution in [-0.4, -0.2) is 21.6 Å². The van der Waals surface area contributed by atoms with E-state index in [0.717, 1.165) is 35.5 Å². The first kappa shape index (κ1) is 15.4. The number of nitrogens with two attached hydrogens (primary N) is 1. The summed E-state index contributed by atoms with van der Waals surface area (Å²) in [4.78, 5) is 8.71. The lowest BCUT2D eigenvalue weighted by molar-refractivity contribution is 0.309. The van der Waals surface area contributed by atoms with E-state index in [9.17, 15) is 0 Å². The van der Waals surface area contributed by atoms with Crippen LogP contribution in [0.15, 0.2) is 30.6 Å². The zero-order valence-corrected chi connectivity index (χ0v) is 13.1. The van der Waals surface area contributed by atoms with Crippen molar-refractivity contribution in [3.8, 4) is 5.75 Å². The van der Waals surface area contributed by atoms with Crippen LogP contribution in [0.1, 0.15) is 28.9 Å². The van der Waals surface area contributed by atoms with Crippen molar-refractivity contribution in [1.29, 1.82) is 0 Å². The van der Waals surface area contributed by atoms with Crippen molar-refractivity contribution in [1.82, 2.24) is 9.97 Å². The number of nitrogens with zero attached hydrogens (tertiary/aromatic N) is 2. The van der Waals surface area contributed by atoms with Gasteiger partial charge in [-0.1, -0.05) is 12.2 Å². The lowest BCUT2D eigenvalue weighted by atomic mass is 10.1. The van der Waals surface area contributed by atoms with Crippen LogP contribution in [0.2, 0.25) is 0 Å². The van der Waals surface area contributed by atoms with Gasteiger partial charge in [-0.2, -0.15) is 0 Å². The minimum absolute atomic E-state index is 0.323. The average molecular weight is 301 g/mol. The summed E-state index contributed by atoms with van der Waals surface area (Å²) in [5, 5.41) is 0. The molecule has 4 nitrogen and oxygen atoms in total. The van der Waals surface area contributed by atoms with Gasteiger partial charge in [-0.25, -0.2) is 0 Å². The van der Waals surface area contributed by atoms with E-state index in [4.69, 9.17) is 22.7 Å². The van der Waals surface area contributed by atoms with Crippen molar-refractivity contribution >= 4 is 17.2 Å². The Morgan fingerprint density at radius 3 is 2.67 bits per heavy atom. The number of hydrogen-bond acceptors (Lipinski definition) is 4. The largest absolute Gasteiger partial charge is 0.493 e. The third-order valence-electron chi connectivity index (χ3n) is 3.16. The SMILES string of the molecule is Cc1cc(OCCCc2ccncc2)c(C(N)=S)c(C)n1. The van der Waals surface area contributed by atoms with Crippen molar-refractivity contribution in [3.05, 3.63) is 53.1 Å². The second-order valence-electron chi connectivity index (χ2n) is 4.89. The highest BCUT2D eigenvalue weighted by molar-refractivity contribution is 7.80. The quantitative estimate of drug-likeness (QED) is 0.656. The topological polar surface area (TPSA) is 61.0 Å². The summed E-state index contributed by atoms with van der Waals surface area (Å²) >= 11 is 5.09. The first-order valence-corrected chi connectivity index (χ1v) is 7.28. The Morgan fingerprint density at radius 2 is 2.00 bits per heavy atom. The van der Waals surface area contributed by atoms with Gasteiger partial charge < -0.3 is 10.5 Å². The van der Waals surface area contributed by atoms with Gasteiger partial charge in [0.2, 0.25) is 0 Å². The highest BCUT2D eigenvalue weighted by Crippen LogP contribution is 2.22. The van der Waals surface area contributed by atoms with Crippen molar-refractivity contribution in [2.45, 2.75) is 26.7 Å². The summed E-state index contributed by atoms with van der Waals surface area (Å²) in [6, 6.07) is 5.91. The van der Waals surface area contributed by atoms with Crippen molar-refractivity contribution in [2.24, 2.45) is 5.73 Å². The lowest BCUT2D eigenvalue weighted by Gasteiger charge is -2.13. The monoisotopic (exact) mass is 301 g/mol. The van der Waals surface area contributed by atoms with E-state index in [-0.39, 0.29) is 0 Å². The van der Waals surface area contributed by atoms with E-state index < -0.39 is 0 Å². The molecule has 2 N–H and O–H groups in total. The van der Waals surface area contributed by atoms with E-state index >= 15 is 0 Å². The predicted molar refractivity (Wildman–Crippen MR) is 87.7 cm³/mol. The van der Waals surface area contributed by atoms with Gasteiger partial charge in [0.05, 0.1) is 17.9 Å². The molecule has 2 aromatic heterocycles. The Hall–Kier alpha value is -2.01. The molecule has 0 spiro atoms. The summed E-state index contributed by atoms with van der Waals surface area (Å²) in [5.41, 5.74) is 9.47. The second kappa shape index (κ2) is 7.13. The van der Waals surface area contributed by atoms with Gasteiger partial charge in [0.25, 0.3) is 0 Å². The van der Waals surface area contributed by atoms with Crippen LogP contribution in [-0.2, 0) is 6.42 Å². The maximum absolute atomic E-state index is 5.86. The molecular formula is C16H19N3OS. The highest BCUT2D eigenvalue weighted by atomic mass is 32.1. The smallest absolute Gasteiger partial charge is 0.133 e. The number of hydrogen-bond donors (Lipinski definition) is 1. The first-order valence-electron chi connectivity index (χ1n) is 6.87. The number of aromatic nitrogens is 2. The van der Waals surface area contributed by atoms with E-state index in [1.807, 2.05) is 32.0 Å². The van der Waals surface area contributed by atoms with Crippen LogP contribution in [0.4, 0.5) is 0 Å². The molecule has 2 heterocycles. The maximum atomic E-state index is 5.86. The number of thiocarbonyl (C=S) groups is 1. The van der Waals surface area contributed by atoms with Gasteiger partial charge in [0, 0.05) is 24.2 Å². The van der Waals surface area contributed by atoms with Gasteiger partial charge in [-0.3, -0.25) is 9.97 Å². The molecule has 0 bridgehead atoms. The first-order chi connectivity index (χ1) is 10.1. The van der Waals surface area contributed by atoms with Gasteiger partial charge in [0.15, 0.2) is 0 Å². The third-order valence-corrected chi connectivity index (χ3v) is 3.36. The van der Waals surface area contributed by atoms with Crippen molar-refractivity contribution in [3.63, 3.8) is 0 Å². The minimum Gasteiger partial charge on any atom is -0.493 e. The van der Waals surface area contributed by atoms with Crippen LogP contribution in [0.3, 0.4) is 0 Å². The van der Waals surface area contributed by atoms with Gasteiger partial charge in [-0.05, 0) is 44.4 Å². The van der Waals surface area contributed by atoms with Crippen LogP contribution in [0.5, 0.6) is 5.75 Å². The molecule has 0 saturated heterocycles. The molecule has 0 unspecified atom stereocenters. The van der Waals surface area contributed by atoms with E-state index in [1.54, 1.807) is 12.4 Å². The highest BCUT2D eigenvalue weighted by Gasteiger charge is 2.12. The standard InChI is InChI=1S/C16H19N3OS/c1-11-10-14(15(16(17)21)12(2)19-11)20-9-3-4-13-5-7-18-8-6-13/h5-8,10H,3-4,9H2,1-2H3,(H2,17,21). The normalized spacial score (nSPS) is 10.4. The molecule has 0 aliphatic carbocycles. The fraction of sp³-hybridized carbons (Fsp3) is 0.312. The molecule has 110 valence electrons. The van der Waals surface area contributed by atoms with Crippen molar-refractivity contribution in [2.75, 3.05) is 6.61 Å². The van der Waals surface area contributed by atoms with Crippen LogP contribution in [0, 0.1) is 13.8 Å². The third kappa shape index (κ3) is 4.23. The Labute approximate surface area is 130 Å². The Kier molecular flexibility index (Phi) is 5.22. The summed E-state index contributed by atoms with van der Waals surface area (Å²) in [6.45, 7) is 4.44. The molecule has 21 heavy (non-hydrogen) atoms. The molecule has 0 amide bonds. The number of ether oxygens (including phenoxy) is 1. The molecule has 0 aliphatic heterocycles. The summed E-state index contributed by atoms with van der Waals surface area (Å²) in [7, 11) is 0. The Balaban J connectivity index is 1.98. The van der Waals surface area contributed by atoms with Crippen LogP contribution in [0.25, 0.3) is 0 Å². The van der Waals surface area contributed by atoms with Gasteiger partial charge >= 0.3 is 0 Å². The average Bonchev–Trinajstić information content (AvgIpc) is 2.43. The van der Waals surface area contributed by atoms with E-state index in [2.05, 4.69) is 9.97 Å².